The molecule has 3 nitrogen and oxygen atoms in total. The molecule has 3 N–H and O–H groups in total. The van der Waals surface area contributed by atoms with E-state index >= 15 is 0 Å². The fourth-order valence-electron chi connectivity index (χ4n) is 1.83. The molecule has 0 radical (unpaired) electrons. The Morgan fingerprint density at radius 1 is 1.27 bits per heavy atom. The molecule has 2 rings (SSSR count). The quantitative estimate of drug-likeness (QED) is 0.813. The maximum absolute atomic E-state index is 10.6. The van der Waals surface area contributed by atoms with Crippen LogP contribution in [0.2, 0.25) is 0 Å². The second-order valence-electron chi connectivity index (χ2n) is 3.86. The zero-order valence-electron chi connectivity index (χ0n) is 8.22. The van der Waals surface area contributed by atoms with E-state index in [9.17, 15) is 4.79 Å². The Balaban J connectivity index is 0.00000112. The Morgan fingerprint density at radius 2 is 1.80 bits per heavy atom. The minimum Gasteiger partial charge on any atom is -0.478 e. The fraction of sp³-hybridized carbons (Fsp3) is 0.364. The third-order valence-electron chi connectivity index (χ3n) is 2.80. The van der Waals surface area contributed by atoms with E-state index in [0.29, 0.717) is 17.5 Å². The van der Waals surface area contributed by atoms with Gasteiger partial charge in [0.2, 0.25) is 0 Å². The SMILES string of the molecule is Cl.NC1CC(c2ccc(C(=O)O)cc2)C1. The van der Waals surface area contributed by atoms with Crippen LogP contribution in [0.25, 0.3) is 0 Å². The highest BCUT2D eigenvalue weighted by molar-refractivity contribution is 5.87. The van der Waals surface area contributed by atoms with Gasteiger partial charge in [-0.3, -0.25) is 0 Å². The van der Waals surface area contributed by atoms with Crippen LogP contribution in [0.4, 0.5) is 0 Å². The molecule has 0 heterocycles. The number of hydrogen-bond acceptors (Lipinski definition) is 2. The summed E-state index contributed by atoms with van der Waals surface area (Å²) in [5.74, 6) is -0.338. The van der Waals surface area contributed by atoms with Crippen LogP contribution in [0.1, 0.15) is 34.7 Å². The number of hydrogen-bond donors (Lipinski definition) is 2. The van der Waals surface area contributed by atoms with Crippen molar-refractivity contribution < 1.29 is 9.90 Å². The first-order valence-electron chi connectivity index (χ1n) is 4.75. The summed E-state index contributed by atoms with van der Waals surface area (Å²) in [4.78, 5) is 10.6. The van der Waals surface area contributed by atoms with Gasteiger partial charge in [-0.1, -0.05) is 12.1 Å². The molecule has 0 amide bonds. The van der Waals surface area contributed by atoms with Crippen LogP contribution in [-0.4, -0.2) is 17.1 Å². The van der Waals surface area contributed by atoms with Crippen molar-refractivity contribution in [1.82, 2.24) is 0 Å². The highest BCUT2D eigenvalue weighted by Crippen LogP contribution is 2.35. The minimum atomic E-state index is -0.873. The molecule has 0 unspecified atom stereocenters. The van der Waals surface area contributed by atoms with Crippen LogP contribution in [0, 0.1) is 0 Å². The van der Waals surface area contributed by atoms with Crippen LogP contribution in [0.3, 0.4) is 0 Å². The normalized spacial score (nSPS) is 23.8. The lowest BCUT2D eigenvalue weighted by molar-refractivity contribution is 0.0697. The van der Waals surface area contributed by atoms with Gasteiger partial charge in [-0.05, 0) is 36.5 Å². The Kier molecular flexibility index (Phi) is 3.72. The monoisotopic (exact) mass is 227 g/mol. The molecule has 0 aromatic heterocycles. The Hall–Kier alpha value is -1.06. The van der Waals surface area contributed by atoms with Crippen LogP contribution >= 0.6 is 12.4 Å². The molecule has 0 atom stereocenters. The van der Waals surface area contributed by atoms with Gasteiger partial charge in [-0.2, -0.15) is 0 Å². The first-order valence-corrected chi connectivity index (χ1v) is 4.75. The van der Waals surface area contributed by atoms with Crippen molar-refractivity contribution in [1.29, 1.82) is 0 Å². The smallest absolute Gasteiger partial charge is 0.335 e. The number of nitrogens with two attached hydrogens (primary N) is 1. The minimum absolute atomic E-state index is 0. The molecule has 0 aliphatic heterocycles. The van der Waals surface area contributed by atoms with Crippen molar-refractivity contribution in [2.45, 2.75) is 24.8 Å². The zero-order valence-corrected chi connectivity index (χ0v) is 9.04. The number of halogens is 1. The van der Waals surface area contributed by atoms with E-state index in [0.717, 1.165) is 12.8 Å². The maximum Gasteiger partial charge on any atom is 0.335 e. The van der Waals surface area contributed by atoms with Crippen molar-refractivity contribution in [3.05, 3.63) is 35.4 Å². The highest BCUT2D eigenvalue weighted by Gasteiger charge is 2.26. The van der Waals surface area contributed by atoms with Crippen molar-refractivity contribution in [3.8, 4) is 0 Å². The van der Waals surface area contributed by atoms with Crippen molar-refractivity contribution in [2.75, 3.05) is 0 Å². The predicted molar refractivity (Wildman–Crippen MR) is 60.6 cm³/mol. The third-order valence-corrected chi connectivity index (χ3v) is 2.80. The van der Waals surface area contributed by atoms with E-state index in [2.05, 4.69) is 0 Å². The molecular formula is C11H14ClNO2. The zero-order chi connectivity index (χ0) is 10.1. The summed E-state index contributed by atoms with van der Waals surface area (Å²) in [6.45, 7) is 0. The fourth-order valence-corrected chi connectivity index (χ4v) is 1.83. The van der Waals surface area contributed by atoms with Gasteiger partial charge in [0.25, 0.3) is 0 Å². The molecule has 1 aromatic rings. The second kappa shape index (κ2) is 4.64. The van der Waals surface area contributed by atoms with Gasteiger partial charge in [-0.25, -0.2) is 4.79 Å². The van der Waals surface area contributed by atoms with Gasteiger partial charge in [0.05, 0.1) is 5.56 Å². The summed E-state index contributed by atoms with van der Waals surface area (Å²) >= 11 is 0. The average molecular weight is 228 g/mol. The first-order chi connectivity index (χ1) is 6.66. The molecular weight excluding hydrogens is 214 g/mol. The highest BCUT2D eigenvalue weighted by atomic mass is 35.5. The van der Waals surface area contributed by atoms with Crippen LogP contribution < -0.4 is 5.73 Å². The Labute approximate surface area is 94.7 Å². The molecule has 0 bridgehead atoms. The number of carbonyl (C=O) groups is 1. The molecule has 1 fully saturated rings. The first kappa shape index (κ1) is 12.0. The third kappa shape index (κ3) is 2.49. The van der Waals surface area contributed by atoms with Crippen molar-refractivity contribution in [3.63, 3.8) is 0 Å². The van der Waals surface area contributed by atoms with E-state index in [1.54, 1.807) is 12.1 Å². The predicted octanol–water partition coefficient (Wildman–Crippen LogP) is 2.01. The van der Waals surface area contributed by atoms with Gasteiger partial charge in [0, 0.05) is 6.04 Å². The number of carboxylic acid groups (broad SMARTS) is 1. The van der Waals surface area contributed by atoms with Crippen LogP contribution in [-0.2, 0) is 0 Å². The molecule has 1 aliphatic rings. The van der Waals surface area contributed by atoms with E-state index < -0.39 is 5.97 Å². The number of aromatic carboxylic acids is 1. The summed E-state index contributed by atoms with van der Waals surface area (Å²) < 4.78 is 0. The van der Waals surface area contributed by atoms with Gasteiger partial charge < -0.3 is 10.8 Å². The van der Waals surface area contributed by atoms with Gasteiger partial charge >= 0.3 is 5.97 Å². The number of rotatable bonds is 2. The largest absolute Gasteiger partial charge is 0.478 e. The van der Waals surface area contributed by atoms with E-state index in [-0.39, 0.29) is 12.4 Å². The molecule has 1 saturated carbocycles. The number of carboxylic acids is 1. The van der Waals surface area contributed by atoms with Crippen LogP contribution in [0.15, 0.2) is 24.3 Å². The topological polar surface area (TPSA) is 63.3 Å². The average Bonchev–Trinajstić information content (AvgIpc) is 2.13. The lowest BCUT2D eigenvalue weighted by Crippen LogP contribution is -2.34. The Morgan fingerprint density at radius 3 is 2.20 bits per heavy atom. The van der Waals surface area contributed by atoms with E-state index in [4.69, 9.17) is 10.8 Å². The maximum atomic E-state index is 10.6. The van der Waals surface area contributed by atoms with Gasteiger partial charge in [0.1, 0.15) is 0 Å². The molecule has 1 aromatic carbocycles. The number of benzene rings is 1. The standard InChI is InChI=1S/C11H13NO2.ClH/c12-10-5-9(6-10)7-1-3-8(4-2-7)11(13)14;/h1-4,9-10H,5-6,12H2,(H,13,14);1H. The molecule has 4 heteroatoms. The van der Waals surface area contributed by atoms with Gasteiger partial charge in [-0.15, -0.1) is 12.4 Å². The summed E-state index contributed by atoms with van der Waals surface area (Å²) in [5, 5.41) is 8.71. The second-order valence-corrected chi connectivity index (χ2v) is 3.86. The molecule has 0 saturated heterocycles. The van der Waals surface area contributed by atoms with E-state index in [1.165, 1.54) is 5.56 Å². The van der Waals surface area contributed by atoms with Gasteiger partial charge in [0.15, 0.2) is 0 Å². The molecule has 1 aliphatic carbocycles. The molecule has 0 spiro atoms. The summed E-state index contributed by atoms with van der Waals surface area (Å²) in [5.41, 5.74) is 7.24. The van der Waals surface area contributed by atoms with E-state index in [1.807, 2.05) is 12.1 Å². The lowest BCUT2D eigenvalue weighted by atomic mass is 9.76. The van der Waals surface area contributed by atoms with Crippen LogP contribution in [0.5, 0.6) is 0 Å². The summed E-state index contributed by atoms with van der Waals surface area (Å²) in [6.07, 6.45) is 2.04. The van der Waals surface area contributed by atoms with Crippen molar-refractivity contribution in [2.24, 2.45) is 5.73 Å². The molecule has 82 valence electrons. The molecule has 15 heavy (non-hydrogen) atoms. The van der Waals surface area contributed by atoms with Crippen molar-refractivity contribution >= 4 is 18.4 Å². The lowest BCUT2D eigenvalue weighted by Gasteiger charge is -2.32. The summed E-state index contributed by atoms with van der Waals surface area (Å²) in [7, 11) is 0. The summed E-state index contributed by atoms with van der Waals surface area (Å²) in [6, 6.07) is 7.42. The Bertz CT molecular complexity index is 344.